The number of benzene rings is 1. The molecule has 6 heteroatoms. The molecule has 0 aliphatic carbocycles. The number of nitrogens with one attached hydrogen (secondary N) is 1. The Labute approximate surface area is 109 Å². The van der Waals surface area contributed by atoms with Crippen molar-refractivity contribution >= 4 is 5.97 Å². The van der Waals surface area contributed by atoms with Gasteiger partial charge >= 0.3 is 12.1 Å². The van der Waals surface area contributed by atoms with E-state index in [-0.39, 0.29) is 31.0 Å². The number of rotatable bonds is 6. The first kappa shape index (κ1) is 15.5. The lowest BCUT2D eigenvalue weighted by Gasteiger charge is -2.13. The third-order valence-electron chi connectivity index (χ3n) is 2.45. The van der Waals surface area contributed by atoms with E-state index < -0.39 is 11.7 Å². The van der Waals surface area contributed by atoms with E-state index in [4.69, 9.17) is 4.74 Å². The fraction of sp³-hybridized carbons (Fsp3) is 0.462. The van der Waals surface area contributed by atoms with Crippen LogP contribution in [-0.4, -0.2) is 19.1 Å². The van der Waals surface area contributed by atoms with Gasteiger partial charge in [0.15, 0.2) is 0 Å². The van der Waals surface area contributed by atoms with Gasteiger partial charge in [-0.1, -0.05) is 18.2 Å². The van der Waals surface area contributed by atoms with Gasteiger partial charge in [0.1, 0.15) is 0 Å². The van der Waals surface area contributed by atoms with Crippen LogP contribution >= 0.6 is 0 Å². The molecule has 1 aromatic carbocycles. The van der Waals surface area contributed by atoms with Crippen molar-refractivity contribution in [3.05, 3.63) is 35.4 Å². The molecular formula is C13H16F3NO2. The summed E-state index contributed by atoms with van der Waals surface area (Å²) in [4.78, 5) is 11.0. The summed E-state index contributed by atoms with van der Waals surface area (Å²) in [5.41, 5.74) is -0.488. The molecule has 0 atom stereocenters. The Morgan fingerprint density at radius 2 is 2.00 bits per heavy atom. The minimum absolute atomic E-state index is 0.0646. The summed E-state index contributed by atoms with van der Waals surface area (Å²) in [7, 11) is 0. The van der Waals surface area contributed by atoms with Crippen LogP contribution in [0, 0.1) is 0 Å². The number of halogens is 3. The Kier molecular flexibility index (Phi) is 5.82. The van der Waals surface area contributed by atoms with Crippen LogP contribution in [0.2, 0.25) is 0 Å². The van der Waals surface area contributed by atoms with Crippen LogP contribution < -0.4 is 5.32 Å². The molecule has 0 aliphatic rings. The van der Waals surface area contributed by atoms with E-state index in [9.17, 15) is 18.0 Å². The van der Waals surface area contributed by atoms with E-state index in [1.165, 1.54) is 12.1 Å². The fourth-order valence-corrected chi connectivity index (χ4v) is 1.60. The molecule has 1 rings (SSSR count). The summed E-state index contributed by atoms with van der Waals surface area (Å²) >= 11 is 0. The van der Waals surface area contributed by atoms with E-state index in [0.717, 1.165) is 6.07 Å². The number of hydrogen-bond donors (Lipinski definition) is 1. The first-order chi connectivity index (χ1) is 8.95. The predicted octanol–water partition coefficient (Wildman–Crippen LogP) is 2.75. The van der Waals surface area contributed by atoms with Gasteiger partial charge in [-0.15, -0.1) is 0 Å². The number of carbonyl (C=O) groups excluding carboxylic acids is 1. The van der Waals surface area contributed by atoms with Crippen molar-refractivity contribution in [3.8, 4) is 0 Å². The molecule has 19 heavy (non-hydrogen) atoms. The summed E-state index contributed by atoms with van der Waals surface area (Å²) in [6.07, 6.45) is -4.22. The zero-order chi connectivity index (χ0) is 14.3. The lowest BCUT2D eigenvalue weighted by atomic mass is 10.1. The van der Waals surface area contributed by atoms with E-state index in [2.05, 4.69) is 5.32 Å². The minimum atomic E-state index is -4.36. The molecule has 0 radical (unpaired) electrons. The zero-order valence-corrected chi connectivity index (χ0v) is 10.6. The van der Waals surface area contributed by atoms with Gasteiger partial charge in [-0.25, -0.2) is 0 Å². The summed E-state index contributed by atoms with van der Waals surface area (Å²) in [6, 6.07) is 5.37. The van der Waals surface area contributed by atoms with Crippen molar-refractivity contribution < 1.29 is 22.7 Å². The predicted molar refractivity (Wildman–Crippen MR) is 64.4 cm³/mol. The van der Waals surface area contributed by atoms with Gasteiger partial charge in [0, 0.05) is 13.1 Å². The summed E-state index contributed by atoms with van der Waals surface area (Å²) < 4.78 is 42.8. The number of alkyl halides is 3. The maximum absolute atomic E-state index is 12.7. The highest BCUT2D eigenvalue weighted by atomic mass is 19.4. The maximum Gasteiger partial charge on any atom is 0.416 e. The molecule has 0 saturated heterocycles. The van der Waals surface area contributed by atoms with Gasteiger partial charge in [0.25, 0.3) is 0 Å². The largest absolute Gasteiger partial charge is 0.466 e. The second-order valence-corrected chi connectivity index (χ2v) is 3.89. The molecule has 0 spiro atoms. The van der Waals surface area contributed by atoms with Crippen LogP contribution in [0.1, 0.15) is 24.5 Å². The molecule has 0 aliphatic heterocycles. The smallest absolute Gasteiger partial charge is 0.416 e. The van der Waals surface area contributed by atoms with E-state index in [1.54, 1.807) is 13.0 Å². The Bertz CT molecular complexity index is 419. The van der Waals surface area contributed by atoms with Crippen LogP contribution in [0.5, 0.6) is 0 Å². The number of esters is 1. The molecule has 0 amide bonds. The lowest BCUT2D eigenvalue weighted by molar-refractivity contribution is -0.143. The van der Waals surface area contributed by atoms with Crippen molar-refractivity contribution in [2.24, 2.45) is 0 Å². The molecule has 0 bridgehead atoms. The zero-order valence-electron chi connectivity index (χ0n) is 10.6. The Balaban J connectivity index is 2.48. The van der Waals surface area contributed by atoms with Crippen LogP contribution in [0.3, 0.4) is 0 Å². The maximum atomic E-state index is 12.7. The Morgan fingerprint density at radius 3 is 2.63 bits per heavy atom. The molecule has 3 nitrogen and oxygen atoms in total. The van der Waals surface area contributed by atoms with Crippen LogP contribution in [0.4, 0.5) is 13.2 Å². The third kappa shape index (κ3) is 5.30. The van der Waals surface area contributed by atoms with Gasteiger partial charge in [-0.3, -0.25) is 4.79 Å². The highest BCUT2D eigenvalue weighted by molar-refractivity contribution is 5.69. The highest BCUT2D eigenvalue weighted by Crippen LogP contribution is 2.31. The fourth-order valence-electron chi connectivity index (χ4n) is 1.60. The molecule has 0 heterocycles. The van der Waals surface area contributed by atoms with Crippen LogP contribution in [-0.2, 0) is 22.3 Å². The summed E-state index contributed by atoms with van der Waals surface area (Å²) in [5.74, 6) is -0.362. The average Bonchev–Trinajstić information content (AvgIpc) is 2.34. The quantitative estimate of drug-likeness (QED) is 0.641. The molecule has 1 N–H and O–H groups in total. The molecule has 106 valence electrons. The highest BCUT2D eigenvalue weighted by Gasteiger charge is 2.32. The van der Waals surface area contributed by atoms with Crippen molar-refractivity contribution in [1.29, 1.82) is 0 Å². The first-order valence-electron chi connectivity index (χ1n) is 5.96. The third-order valence-corrected chi connectivity index (χ3v) is 2.45. The Hall–Kier alpha value is -1.56. The number of hydrogen-bond acceptors (Lipinski definition) is 3. The second kappa shape index (κ2) is 7.13. The average molecular weight is 275 g/mol. The lowest BCUT2D eigenvalue weighted by Crippen LogP contribution is -2.21. The van der Waals surface area contributed by atoms with Gasteiger partial charge in [-0.05, 0) is 18.6 Å². The topological polar surface area (TPSA) is 38.3 Å². The van der Waals surface area contributed by atoms with Gasteiger partial charge < -0.3 is 10.1 Å². The van der Waals surface area contributed by atoms with Crippen LogP contribution in [0.25, 0.3) is 0 Å². The SMILES string of the molecule is CCOC(=O)CCNCc1ccccc1C(F)(F)F. The monoisotopic (exact) mass is 275 g/mol. The van der Waals surface area contributed by atoms with Crippen molar-refractivity contribution in [2.45, 2.75) is 26.1 Å². The molecule has 1 aromatic rings. The standard InChI is InChI=1S/C13H16F3NO2/c1-2-19-12(18)7-8-17-9-10-5-3-4-6-11(10)13(14,15)16/h3-6,17H,2,7-9H2,1H3. The van der Waals surface area contributed by atoms with Gasteiger partial charge in [-0.2, -0.15) is 13.2 Å². The molecule has 0 fully saturated rings. The Morgan fingerprint density at radius 1 is 1.32 bits per heavy atom. The van der Waals surface area contributed by atoms with E-state index in [0.29, 0.717) is 6.61 Å². The van der Waals surface area contributed by atoms with E-state index >= 15 is 0 Å². The molecule has 0 saturated carbocycles. The van der Waals surface area contributed by atoms with E-state index in [1.807, 2.05) is 0 Å². The number of ether oxygens (including phenoxy) is 1. The normalized spacial score (nSPS) is 11.4. The van der Waals surface area contributed by atoms with Crippen molar-refractivity contribution in [3.63, 3.8) is 0 Å². The van der Waals surface area contributed by atoms with Crippen molar-refractivity contribution in [2.75, 3.05) is 13.2 Å². The van der Waals surface area contributed by atoms with Crippen molar-refractivity contribution in [1.82, 2.24) is 5.32 Å². The van der Waals surface area contributed by atoms with Gasteiger partial charge in [0.05, 0.1) is 18.6 Å². The van der Waals surface area contributed by atoms with Gasteiger partial charge in [0.2, 0.25) is 0 Å². The molecule has 0 unspecified atom stereocenters. The summed E-state index contributed by atoms with van der Waals surface area (Å²) in [5, 5.41) is 2.80. The van der Waals surface area contributed by atoms with Crippen LogP contribution in [0.15, 0.2) is 24.3 Å². The molecule has 0 aromatic heterocycles. The summed E-state index contributed by atoms with van der Waals surface area (Å²) in [6.45, 7) is 2.35. The first-order valence-corrected chi connectivity index (χ1v) is 5.96. The molecular weight excluding hydrogens is 259 g/mol. The second-order valence-electron chi connectivity index (χ2n) is 3.89. The number of carbonyl (C=O) groups is 1. The minimum Gasteiger partial charge on any atom is -0.466 e.